The Balaban J connectivity index is 2.06. The Bertz CT molecular complexity index is 656. The van der Waals surface area contributed by atoms with Crippen LogP contribution in [0.5, 0.6) is 5.75 Å². The van der Waals surface area contributed by atoms with E-state index in [0.29, 0.717) is 12.5 Å². The molecule has 0 aliphatic rings. The number of ether oxygens (including phenoxy) is 1. The van der Waals surface area contributed by atoms with E-state index in [9.17, 15) is 4.39 Å². The number of aryl methyl sites for hydroxylation is 1. The van der Waals surface area contributed by atoms with Crippen molar-refractivity contribution >= 4 is 11.6 Å². The lowest BCUT2D eigenvalue weighted by Crippen LogP contribution is -1.97. The molecule has 0 heterocycles. The summed E-state index contributed by atoms with van der Waals surface area (Å²) in [5.41, 5.74) is 2.69. The van der Waals surface area contributed by atoms with Gasteiger partial charge in [0.1, 0.15) is 18.2 Å². The first-order valence-electron chi connectivity index (χ1n) is 6.22. The van der Waals surface area contributed by atoms with Crippen molar-refractivity contribution in [2.24, 2.45) is 0 Å². The maximum absolute atomic E-state index is 13.1. The van der Waals surface area contributed by atoms with Gasteiger partial charge in [0.2, 0.25) is 0 Å². The molecule has 3 heteroatoms. The summed E-state index contributed by atoms with van der Waals surface area (Å²) >= 11 is 5.52. The van der Waals surface area contributed by atoms with Crippen molar-refractivity contribution in [3.05, 3.63) is 65.0 Å². The van der Waals surface area contributed by atoms with Crippen LogP contribution in [-0.4, -0.2) is 5.88 Å². The minimum absolute atomic E-state index is 0.255. The molecular formula is C17H14ClFO. The van der Waals surface area contributed by atoms with Crippen LogP contribution in [0.2, 0.25) is 0 Å². The number of hydrogen-bond donors (Lipinski definition) is 0. The molecule has 0 radical (unpaired) electrons. The van der Waals surface area contributed by atoms with Crippen LogP contribution in [0.25, 0.3) is 0 Å². The second-order valence-corrected chi connectivity index (χ2v) is 4.60. The summed E-state index contributed by atoms with van der Waals surface area (Å²) in [6, 6.07) is 12.1. The second kappa shape index (κ2) is 6.98. The van der Waals surface area contributed by atoms with E-state index in [1.165, 1.54) is 12.1 Å². The SMILES string of the molecule is Cc1cc(C#CCCl)ccc1OCc1cccc(F)c1. The summed E-state index contributed by atoms with van der Waals surface area (Å²) in [4.78, 5) is 0. The van der Waals surface area contributed by atoms with Crippen LogP contribution in [0, 0.1) is 24.6 Å². The first-order valence-corrected chi connectivity index (χ1v) is 6.75. The molecule has 2 aromatic rings. The third kappa shape index (κ3) is 4.01. The summed E-state index contributed by atoms with van der Waals surface area (Å²) in [5, 5.41) is 0. The molecule has 0 bridgehead atoms. The van der Waals surface area contributed by atoms with Crippen molar-refractivity contribution in [2.45, 2.75) is 13.5 Å². The lowest BCUT2D eigenvalue weighted by molar-refractivity contribution is 0.303. The molecule has 0 aliphatic heterocycles. The predicted octanol–water partition coefficient (Wildman–Crippen LogP) is 4.30. The summed E-state index contributed by atoms with van der Waals surface area (Å²) in [7, 11) is 0. The van der Waals surface area contributed by atoms with Gasteiger partial charge >= 0.3 is 0 Å². The first-order chi connectivity index (χ1) is 9.69. The monoisotopic (exact) mass is 288 g/mol. The summed E-state index contributed by atoms with van der Waals surface area (Å²) < 4.78 is 18.8. The lowest BCUT2D eigenvalue weighted by atomic mass is 10.1. The van der Waals surface area contributed by atoms with E-state index >= 15 is 0 Å². The zero-order valence-electron chi connectivity index (χ0n) is 11.1. The van der Waals surface area contributed by atoms with Gasteiger partial charge in [-0.2, -0.15) is 0 Å². The molecule has 0 saturated carbocycles. The Morgan fingerprint density at radius 1 is 1.20 bits per heavy atom. The van der Waals surface area contributed by atoms with E-state index in [4.69, 9.17) is 16.3 Å². The molecule has 2 aromatic carbocycles. The Kier molecular flexibility index (Phi) is 5.03. The van der Waals surface area contributed by atoms with Crippen LogP contribution in [0.15, 0.2) is 42.5 Å². The number of rotatable bonds is 3. The van der Waals surface area contributed by atoms with E-state index < -0.39 is 0 Å². The topological polar surface area (TPSA) is 9.23 Å². The highest BCUT2D eigenvalue weighted by molar-refractivity contribution is 6.19. The normalized spacial score (nSPS) is 9.75. The summed E-state index contributed by atoms with van der Waals surface area (Å²) in [6.45, 7) is 2.29. The third-order valence-corrected chi connectivity index (χ3v) is 2.89. The second-order valence-electron chi connectivity index (χ2n) is 4.33. The van der Waals surface area contributed by atoms with Crippen LogP contribution in [0.4, 0.5) is 4.39 Å². The minimum Gasteiger partial charge on any atom is -0.489 e. The average Bonchev–Trinajstić information content (AvgIpc) is 2.44. The van der Waals surface area contributed by atoms with Gasteiger partial charge in [0.05, 0.1) is 5.88 Å². The van der Waals surface area contributed by atoms with Gasteiger partial charge in [-0.3, -0.25) is 0 Å². The smallest absolute Gasteiger partial charge is 0.123 e. The van der Waals surface area contributed by atoms with Crippen molar-refractivity contribution in [1.82, 2.24) is 0 Å². The van der Waals surface area contributed by atoms with Crippen LogP contribution in [0.1, 0.15) is 16.7 Å². The molecule has 0 atom stereocenters. The Morgan fingerprint density at radius 2 is 2.05 bits per heavy atom. The third-order valence-electron chi connectivity index (χ3n) is 2.76. The molecule has 1 nitrogen and oxygen atoms in total. The van der Waals surface area contributed by atoms with Crippen molar-refractivity contribution < 1.29 is 9.13 Å². The number of benzene rings is 2. The van der Waals surface area contributed by atoms with Gasteiger partial charge in [-0.25, -0.2) is 4.39 Å². The number of hydrogen-bond acceptors (Lipinski definition) is 1. The molecule has 0 spiro atoms. The van der Waals surface area contributed by atoms with E-state index in [2.05, 4.69) is 11.8 Å². The van der Waals surface area contributed by atoms with Crippen molar-refractivity contribution in [1.29, 1.82) is 0 Å². The molecule has 102 valence electrons. The fourth-order valence-corrected chi connectivity index (χ4v) is 1.88. The van der Waals surface area contributed by atoms with Gasteiger partial charge in [0.25, 0.3) is 0 Å². The Hall–Kier alpha value is -1.98. The zero-order chi connectivity index (χ0) is 14.4. The first kappa shape index (κ1) is 14.4. The molecule has 0 aromatic heterocycles. The number of halogens is 2. The van der Waals surface area contributed by atoms with Gasteiger partial charge in [0.15, 0.2) is 0 Å². The van der Waals surface area contributed by atoms with Crippen LogP contribution < -0.4 is 4.74 Å². The lowest BCUT2D eigenvalue weighted by Gasteiger charge is -2.09. The summed E-state index contributed by atoms with van der Waals surface area (Å²) in [6.07, 6.45) is 0. The van der Waals surface area contributed by atoms with Gasteiger partial charge in [-0.05, 0) is 48.4 Å². The van der Waals surface area contributed by atoms with Crippen molar-refractivity contribution in [3.8, 4) is 17.6 Å². The molecule has 0 aliphatic carbocycles. The fraction of sp³-hybridized carbons (Fsp3) is 0.176. The molecule has 0 amide bonds. The summed E-state index contributed by atoms with van der Waals surface area (Å²) in [5.74, 6) is 6.60. The molecule has 0 saturated heterocycles. The van der Waals surface area contributed by atoms with Gasteiger partial charge < -0.3 is 4.74 Å². The van der Waals surface area contributed by atoms with Gasteiger partial charge in [-0.1, -0.05) is 24.0 Å². The zero-order valence-corrected chi connectivity index (χ0v) is 11.9. The highest BCUT2D eigenvalue weighted by atomic mass is 35.5. The molecule has 0 N–H and O–H groups in total. The Morgan fingerprint density at radius 3 is 2.75 bits per heavy atom. The van der Waals surface area contributed by atoms with E-state index in [0.717, 1.165) is 22.4 Å². The predicted molar refractivity (Wildman–Crippen MR) is 79.5 cm³/mol. The highest BCUT2D eigenvalue weighted by Gasteiger charge is 2.02. The van der Waals surface area contributed by atoms with Gasteiger partial charge in [-0.15, -0.1) is 11.6 Å². The maximum atomic E-state index is 13.1. The standard InChI is InChI=1S/C17H14ClFO/c1-13-10-14(5-3-9-18)7-8-17(13)20-12-15-4-2-6-16(19)11-15/h2,4,6-8,10-11H,9,12H2,1H3. The van der Waals surface area contributed by atoms with Gasteiger partial charge in [0, 0.05) is 5.56 Å². The average molecular weight is 289 g/mol. The largest absolute Gasteiger partial charge is 0.489 e. The van der Waals surface area contributed by atoms with Crippen molar-refractivity contribution in [3.63, 3.8) is 0 Å². The van der Waals surface area contributed by atoms with Crippen LogP contribution in [0.3, 0.4) is 0 Å². The minimum atomic E-state index is -0.255. The van der Waals surface area contributed by atoms with Crippen molar-refractivity contribution in [2.75, 3.05) is 5.88 Å². The molecule has 0 fully saturated rings. The highest BCUT2D eigenvalue weighted by Crippen LogP contribution is 2.20. The fourth-order valence-electron chi connectivity index (χ4n) is 1.81. The molecular weight excluding hydrogens is 275 g/mol. The Labute approximate surface area is 123 Å². The van der Waals surface area contributed by atoms with E-state index in [-0.39, 0.29) is 5.82 Å². The molecule has 2 rings (SSSR count). The number of alkyl halides is 1. The quantitative estimate of drug-likeness (QED) is 0.604. The molecule has 0 unspecified atom stereocenters. The van der Waals surface area contributed by atoms with E-state index in [1.807, 2.05) is 31.2 Å². The van der Waals surface area contributed by atoms with Crippen LogP contribution >= 0.6 is 11.6 Å². The maximum Gasteiger partial charge on any atom is 0.123 e. The van der Waals surface area contributed by atoms with E-state index in [1.54, 1.807) is 6.07 Å². The van der Waals surface area contributed by atoms with Crippen LogP contribution in [-0.2, 0) is 6.61 Å². The molecule has 20 heavy (non-hydrogen) atoms.